The van der Waals surface area contributed by atoms with Gasteiger partial charge in [0, 0.05) is 50.4 Å². The number of nitrogens with one attached hydrogen (secondary N) is 1. The van der Waals surface area contributed by atoms with Crippen LogP contribution in [-0.2, 0) is 9.47 Å². The maximum Gasteiger partial charge on any atom is 0.120 e. The molecule has 0 amide bonds. The zero-order valence-corrected chi connectivity index (χ0v) is 24.8. The molecule has 0 aromatic heterocycles. The lowest BCUT2D eigenvalue weighted by atomic mass is 10.1. The molecule has 0 saturated carbocycles. The van der Waals surface area contributed by atoms with Crippen molar-refractivity contribution >= 4 is 36.2 Å². The summed E-state index contributed by atoms with van der Waals surface area (Å²) in [6, 6.07) is 22.6. The summed E-state index contributed by atoms with van der Waals surface area (Å²) < 4.78 is 23.3. The molecule has 2 fully saturated rings. The molecule has 3 aliphatic rings. The van der Waals surface area contributed by atoms with Crippen LogP contribution >= 0.6 is 24.8 Å². The Morgan fingerprint density at radius 3 is 1.61 bits per heavy atom. The highest BCUT2D eigenvalue weighted by atomic mass is 35.5. The summed E-state index contributed by atoms with van der Waals surface area (Å²) >= 11 is 0. The van der Waals surface area contributed by atoms with Crippen LogP contribution in [0.25, 0.3) is 11.1 Å². The third kappa shape index (κ3) is 7.92. The number of fused-ring (bicyclic) bond motifs is 3. The number of anilines is 1. The first-order valence-electron chi connectivity index (χ1n) is 13.9. The van der Waals surface area contributed by atoms with Gasteiger partial charge in [0.1, 0.15) is 24.7 Å². The van der Waals surface area contributed by atoms with E-state index in [1.165, 1.54) is 0 Å². The normalized spacial score (nSPS) is 16.5. The Labute approximate surface area is 254 Å². The van der Waals surface area contributed by atoms with E-state index in [0.717, 1.165) is 111 Å². The number of hydrogen-bond acceptors (Lipinski definition) is 8. The molecule has 10 heteroatoms. The predicted octanol–water partition coefficient (Wildman–Crippen LogP) is 4.80. The number of hydrogen-bond donors (Lipinski definition) is 1. The summed E-state index contributed by atoms with van der Waals surface area (Å²) in [6.45, 7) is 10.1. The molecule has 0 unspecified atom stereocenters. The maximum absolute atomic E-state index is 6.18. The van der Waals surface area contributed by atoms with Crippen LogP contribution in [0.5, 0.6) is 11.5 Å². The molecular formula is C31H38Cl2N4O4. The topological polar surface area (TPSA) is 67.8 Å². The van der Waals surface area contributed by atoms with Crippen molar-refractivity contribution < 1.29 is 18.9 Å². The van der Waals surface area contributed by atoms with E-state index >= 15 is 0 Å². The molecule has 41 heavy (non-hydrogen) atoms. The summed E-state index contributed by atoms with van der Waals surface area (Å²) in [4.78, 5) is 4.76. The molecule has 0 spiro atoms. The fourth-order valence-corrected chi connectivity index (χ4v) is 5.22. The molecule has 0 bridgehead atoms. The van der Waals surface area contributed by atoms with Crippen LogP contribution in [0.2, 0.25) is 0 Å². The lowest BCUT2D eigenvalue weighted by Gasteiger charge is -2.26. The Morgan fingerprint density at radius 1 is 0.634 bits per heavy atom. The van der Waals surface area contributed by atoms with Gasteiger partial charge in [-0.1, -0.05) is 18.2 Å². The highest BCUT2D eigenvalue weighted by Gasteiger charge is 2.27. The van der Waals surface area contributed by atoms with Crippen LogP contribution in [0.15, 0.2) is 71.8 Å². The molecule has 1 N–H and O–H groups in total. The second-order valence-electron chi connectivity index (χ2n) is 9.96. The zero-order valence-electron chi connectivity index (χ0n) is 23.1. The van der Waals surface area contributed by atoms with Crippen molar-refractivity contribution in [2.24, 2.45) is 5.10 Å². The zero-order chi connectivity index (χ0) is 26.3. The fraction of sp³-hybridized carbons (Fsp3) is 0.387. The summed E-state index contributed by atoms with van der Waals surface area (Å²) in [5.74, 6) is 1.70. The van der Waals surface area contributed by atoms with Crippen molar-refractivity contribution in [1.29, 1.82) is 0 Å². The smallest absolute Gasteiger partial charge is 0.120 e. The molecule has 0 radical (unpaired) electrons. The van der Waals surface area contributed by atoms with Crippen molar-refractivity contribution in [3.63, 3.8) is 0 Å². The summed E-state index contributed by atoms with van der Waals surface area (Å²) in [7, 11) is 0. The van der Waals surface area contributed by atoms with Gasteiger partial charge in [-0.15, -0.1) is 24.8 Å². The van der Waals surface area contributed by atoms with Gasteiger partial charge in [0.2, 0.25) is 0 Å². The highest BCUT2D eigenvalue weighted by Crippen LogP contribution is 2.40. The van der Waals surface area contributed by atoms with E-state index in [9.17, 15) is 0 Å². The third-order valence-electron chi connectivity index (χ3n) is 7.41. The molecule has 3 aromatic rings. The predicted molar refractivity (Wildman–Crippen MR) is 168 cm³/mol. The van der Waals surface area contributed by atoms with Crippen molar-refractivity contribution in [3.05, 3.63) is 77.9 Å². The molecule has 220 valence electrons. The third-order valence-corrected chi connectivity index (χ3v) is 7.41. The number of hydrazone groups is 1. The van der Waals surface area contributed by atoms with Crippen molar-refractivity contribution in [3.8, 4) is 22.6 Å². The van der Waals surface area contributed by atoms with Gasteiger partial charge in [-0.2, -0.15) is 5.10 Å². The van der Waals surface area contributed by atoms with Gasteiger partial charge in [-0.3, -0.25) is 15.2 Å². The Kier molecular flexibility index (Phi) is 11.7. The quantitative estimate of drug-likeness (QED) is 0.262. The summed E-state index contributed by atoms with van der Waals surface area (Å²) in [5, 5.41) is 4.88. The van der Waals surface area contributed by atoms with Gasteiger partial charge in [-0.05, 0) is 59.7 Å². The van der Waals surface area contributed by atoms with Crippen LogP contribution in [0, 0.1) is 0 Å². The standard InChI is InChI=1S/C31H36N4O4.2ClH/c1-2-4-24(5-3-1)32-33-31-29-22-25(38-20-14-34-10-16-36-17-11-34)6-8-27(29)28-9-7-26(23-30(28)31)39-21-15-35-12-18-37-19-13-35;;/h1-9,22-23,32H,10-21H2;2*1H. The van der Waals surface area contributed by atoms with Crippen LogP contribution in [0.1, 0.15) is 11.1 Å². The number of para-hydroxylation sites is 1. The van der Waals surface area contributed by atoms with Gasteiger partial charge >= 0.3 is 0 Å². The van der Waals surface area contributed by atoms with E-state index < -0.39 is 0 Å². The van der Waals surface area contributed by atoms with Crippen LogP contribution in [0.3, 0.4) is 0 Å². The Hall–Kier alpha value is -2.85. The molecule has 3 aromatic carbocycles. The molecule has 6 rings (SSSR count). The molecular weight excluding hydrogens is 563 g/mol. The Bertz CT molecular complexity index is 1210. The second-order valence-corrected chi connectivity index (χ2v) is 9.96. The van der Waals surface area contributed by atoms with Crippen LogP contribution in [-0.4, -0.2) is 94.4 Å². The number of benzene rings is 3. The van der Waals surface area contributed by atoms with E-state index in [2.05, 4.69) is 51.6 Å². The Balaban J connectivity index is 0.00000194. The minimum Gasteiger partial charge on any atom is -0.492 e. The Morgan fingerprint density at radius 2 is 1.12 bits per heavy atom. The average molecular weight is 602 g/mol. The largest absolute Gasteiger partial charge is 0.492 e. The molecule has 2 saturated heterocycles. The van der Waals surface area contributed by atoms with E-state index in [1.807, 2.05) is 30.3 Å². The SMILES string of the molecule is Cl.Cl.c1ccc(NN=C2c3cc(OCCN4CCOCC4)ccc3-c3ccc(OCCN4CCOCC4)cc32)cc1. The number of morpholine rings is 2. The van der Waals surface area contributed by atoms with Crippen LogP contribution < -0.4 is 14.9 Å². The molecule has 0 atom stereocenters. The first-order valence-corrected chi connectivity index (χ1v) is 13.9. The maximum atomic E-state index is 6.18. The van der Waals surface area contributed by atoms with Crippen molar-refractivity contribution in [1.82, 2.24) is 9.80 Å². The number of rotatable bonds is 10. The highest BCUT2D eigenvalue weighted by molar-refractivity contribution is 6.25. The molecule has 8 nitrogen and oxygen atoms in total. The summed E-state index contributed by atoms with van der Waals surface area (Å²) in [6.07, 6.45) is 0. The number of nitrogens with zero attached hydrogens (tertiary/aromatic N) is 3. The molecule has 1 aliphatic carbocycles. The molecule has 2 aliphatic heterocycles. The minimum absolute atomic E-state index is 0. The number of ether oxygens (including phenoxy) is 4. The summed E-state index contributed by atoms with van der Waals surface area (Å²) in [5.41, 5.74) is 9.50. The van der Waals surface area contributed by atoms with E-state index in [-0.39, 0.29) is 24.8 Å². The van der Waals surface area contributed by atoms with Gasteiger partial charge in [0.05, 0.1) is 37.8 Å². The first-order chi connectivity index (χ1) is 19.3. The van der Waals surface area contributed by atoms with Gasteiger partial charge in [-0.25, -0.2) is 0 Å². The van der Waals surface area contributed by atoms with Crippen LogP contribution in [0.4, 0.5) is 5.69 Å². The average Bonchev–Trinajstić information content (AvgIpc) is 3.30. The van der Waals surface area contributed by atoms with Gasteiger partial charge < -0.3 is 18.9 Å². The molecule has 2 heterocycles. The lowest BCUT2D eigenvalue weighted by molar-refractivity contribution is 0.0321. The van der Waals surface area contributed by atoms with Crippen molar-refractivity contribution in [2.75, 3.05) is 84.3 Å². The van der Waals surface area contributed by atoms with E-state index in [4.69, 9.17) is 24.0 Å². The first kappa shape index (κ1) is 31.1. The van der Waals surface area contributed by atoms with Gasteiger partial charge in [0.25, 0.3) is 0 Å². The number of halogens is 2. The van der Waals surface area contributed by atoms with Crippen molar-refractivity contribution in [2.45, 2.75) is 0 Å². The fourth-order valence-electron chi connectivity index (χ4n) is 5.22. The van der Waals surface area contributed by atoms with E-state index in [1.54, 1.807) is 0 Å². The second kappa shape index (κ2) is 15.4. The minimum atomic E-state index is 0. The lowest BCUT2D eigenvalue weighted by Crippen LogP contribution is -2.38. The van der Waals surface area contributed by atoms with E-state index in [0.29, 0.717) is 13.2 Å². The monoisotopic (exact) mass is 600 g/mol. The van der Waals surface area contributed by atoms with Gasteiger partial charge in [0.15, 0.2) is 0 Å².